The third-order valence-corrected chi connectivity index (χ3v) is 3.30. The van der Waals surface area contributed by atoms with Crippen LogP contribution in [0.25, 0.3) is 0 Å². The van der Waals surface area contributed by atoms with E-state index in [1.54, 1.807) is 0 Å². The molecule has 0 spiro atoms. The van der Waals surface area contributed by atoms with E-state index >= 15 is 0 Å². The van der Waals surface area contributed by atoms with Gasteiger partial charge in [0.25, 0.3) is 0 Å². The Bertz CT molecular complexity index is 340. The van der Waals surface area contributed by atoms with Gasteiger partial charge in [-0.2, -0.15) is 0 Å². The molecule has 0 aliphatic carbocycles. The Balaban J connectivity index is 2.32. The summed E-state index contributed by atoms with van der Waals surface area (Å²) in [5.41, 5.74) is 7.24. The van der Waals surface area contributed by atoms with E-state index in [4.69, 9.17) is 17.3 Å². The molecule has 3 nitrogen and oxygen atoms in total. The lowest BCUT2D eigenvalue weighted by Crippen LogP contribution is -2.26. The fraction of sp³-hybridized carbons (Fsp3) is 0.571. The topological polar surface area (TPSA) is 49.5 Å². The average Bonchev–Trinajstić information content (AvgIpc) is 2.34. The summed E-state index contributed by atoms with van der Waals surface area (Å²) in [6.45, 7) is 3.63. The van der Waals surface area contributed by atoms with Crippen LogP contribution in [0.4, 0.5) is 0 Å². The minimum atomic E-state index is -0.239. The first-order valence-corrected chi connectivity index (χ1v) is 6.74. The zero-order valence-electron chi connectivity index (χ0n) is 11.1. The maximum absolute atomic E-state index is 9.22. The van der Waals surface area contributed by atoms with Crippen molar-refractivity contribution in [1.82, 2.24) is 4.90 Å². The number of hydrogen-bond donors (Lipinski definition) is 2. The summed E-state index contributed by atoms with van der Waals surface area (Å²) in [6, 6.07) is 7.73. The molecule has 2 unspecified atom stereocenters. The van der Waals surface area contributed by atoms with E-state index in [1.165, 1.54) is 0 Å². The van der Waals surface area contributed by atoms with Crippen molar-refractivity contribution in [3.63, 3.8) is 0 Å². The van der Waals surface area contributed by atoms with Gasteiger partial charge in [-0.25, -0.2) is 0 Å². The third-order valence-electron chi connectivity index (χ3n) is 3.05. The molecule has 2 atom stereocenters. The lowest BCUT2D eigenvalue weighted by Gasteiger charge is -2.20. The van der Waals surface area contributed by atoms with Crippen molar-refractivity contribution in [2.24, 2.45) is 5.73 Å². The maximum atomic E-state index is 9.22. The van der Waals surface area contributed by atoms with Crippen LogP contribution in [0, 0.1) is 0 Å². The monoisotopic (exact) mass is 270 g/mol. The normalized spacial score (nSPS) is 14.8. The molecular formula is C14H23ClN2O. The van der Waals surface area contributed by atoms with Gasteiger partial charge >= 0.3 is 0 Å². The van der Waals surface area contributed by atoms with Gasteiger partial charge in [-0.1, -0.05) is 23.7 Å². The number of benzene rings is 1. The van der Waals surface area contributed by atoms with Gasteiger partial charge in [0.05, 0.1) is 6.10 Å². The number of aliphatic hydroxyl groups excluding tert-OH is 1. The fourth-order valence-electron chi connectivity index (χ4n) is 1.76. The van der Waals surface area contributed by atoms with E-state index in [9.17, 15) is 5.11 Å². The highest BCUT2D eigenvalue weighted by Gasteiger charge is 2.08. The zero-order valence-corrected chi connectivity index (χ0v) is 11.9. The molecule has 4 heteroatoms. The van der Waals surface area contributed by atoms with Crippen molar-refractivity contribution in [2.75, 3.05) is 20.1 Å². The molecule has 3 N–H and O–H groups in total. The molecule has 0 bridgehead atoms. The molecule has 1 aromatic carbocycles. The summed E-state index contributed by atoms with van der Waals surface area (Å²) < 4.78 is 0. The van der Waals surface area contributed by atoms with Crippen molar-refractivity contribution >= 4 is 11.6 Å². The van der Waals surface area contributed by atoms with Crippen LogP contribution in [0.1, 0.15) is 31.4 Å². The fourth-order valence-corrected chi connectivity index (χ4v) is 1.88. The van der Waals surface area contributed by atoms with Crippen LogP contribution in [0.5, 0.6) is 0 Å². The molecule has 0 saturated heterocycles. The van der Waals surface area contributed by atoms with Crippen LogP contribution < -0.4 is 5.73 Å². The zero-order chi connectivity index (χ0) is 13.5. The van der Waals surface area contributed by atoms with Gasteiger partial charge in [-0.3, -0.25) is 0 Å². The minimum absolute atomic E-state index is 0.0382. The molecular weight excluding hydrogens is 248 g/mol. The van der Waals surface area contributed by atoms with E-state index in [0.29, 0.717) is 0 Å². The van der Waals surface area contributed by atoms with Crippen molar-refractivity contribution in [2.45, 2.75) is 31.9 Å². The number of aliphatic hydroxyl groups is 1. The van der Waals surface area contributed by atoms with Crippen LogP contribution in [0.3, 0.4) is 0 Å². The molecule has 0 amide bonds. The van der Waals surface area contributed by atoms with E-state index in [2.05, 4.69) is 11.9 Å². The summed E-state index contributed by atoms with van der Waals surface area (Å²) in [7, 11) is 2.05. The highest BCUT2D eigenvalue weighted by molar-refractivity contribution is 6.30. The maximum Gasteiger partial charge on any atom is 0.0524 e. The Labute approximate surface area is 115 Å². The summed E-state index contributed by atoms with van der Waals surface area (Å²) in [4.78, 5) is 2.20. The minimum Gasteiger partial charge on any atom is -0.393 e. The van der Waals surface area contributed by atoms with Crippen LogP contribution in [0.2, 0.25) is 5.02 Å². The molecule has 1 rings (SSSR count). The van der Waals surface area contributed by atoms with E-state index in [0.717, 1.165) is 36.5 Å². The Morgan fingerprint density at radius 3 is 2.33 bits per heavy atom. The highest BCUT2D eigenvalue weighted by Crippen LogP contribution is 2.17. The second-order valence-electron chi connectivity index (χ2n) is 4.89. The number of rotatable bonds is 7. The molecule has 0 aliphatic heterocycles. The predicted octanol–water partition coefficient (Wildman–Crippen LogP) is 2.43. The largest absolute Gasteiger partial charge is 0.393 e. The van der Waals surface area contributed by atoms with Gasteiger partial charge in [0.2, 0.25) is 0 Å². The summed E-state index contributed by atoms with van der Waals surface area (Å²) in [5.74, 6) is 0. The van der Waals surface area contributed by atoms with E-state index in [1.807, 2.05) is 31.2 Å². The van der Waals surface area contributed by atoms with Crippen molar-refractivity contribution in [3.8, 4) is 0 Å². The molecule has 18 heavy (non-hydrogen) atoms. The second-order valence-corrected chi connectivity index (χ2v) is 5.32. The Morgan fingerprint density at radius 1 is 1.22 bits per heavy atom. The van der Waals surface area contributed by atoms with Gasteiger partial charge in [0, 0.05) is 17.6 Å². The van der Waals surface area contributed by atoms with Gasteiger partial charge in [0.1, 0.15) is 0 Å². The first kappa shape index (κ1) is 15.4. The first-order valence-electron chi connectivity index (χ1n) is 6.36. The first-order chi connectivity index (χ1) is 8.49. The number of nitrogens with two attached hydrogens (primary N) is 1. The van der Waals surface area contributed by atoms with Crippen molar-refractivity contribution in [3.05, 3.63) is 34.9 Å². The lowest BCUT2D eigenvalue weighted by atomic mass is 10.0. The standard InChI is InChI=1S/C14H23ClN2O/c1-11(18)7-9-17(2)10-8-14(16)12-3-5-13(15)6-4-12/h3-6,11,14,18H,7-10,16H2,1-2H3. The third kappa shape index (κ3) is 5.83. The van der Waals surface area contributed by atoms with E-state index in [-0.39, 0.29) is 12.1 Å². The highest BCUT2D eigenvalue weighted by atomic mass is 35.5. The predicted molar refractivity (Wildman–Crippen MR) is 76.8 cm³/mol. The Hall–Kier alpha value is -0.610. The lowest BCUT2D eigenvalue weighted by molar-refractivity contribution is 0.163. The molecule has 0 aliphatic rings. The average molecular weight is 271 g/mol. The van der Waals surface area contributed by atoms with Crippen molar-refractivity contribution in [1.29, 1.82) is 0 Å². The molecule has 1 aromatic rings. The van der Waals surface area contributed by atoms with Gasteiger partial charge < -0.3 is 15.7 Å². The summed E-state index contributed by atoms with van der Waals surface area (Å²) in [5, 5.41) is 9.95. The summed E-state index contributed by atoms with van der Waals surface area (Å²) >= 11 is 5.84. The molecule has 0 fully saturated rings. The van der Waals surface area contributed by atoms with E-state index < -0.39 is 0 Å². The number of nitrogens with zero attached hydrogens (tertiary/aromatic N) is 1. The SMILES string of the molecule is CC(O)CCN(C)CCC(N)c1ccc(Cl)cc1. The molecule has 0 saturated carbocycles. The Morgan fingerprint density at radius 2 is 1.78 bits per heavy atom. The molecule has 0 aromatic heterocycles. The van der Waals surface area contributed by atoms with Crippen LogP contribution in [-0.2, 0) is 0 Å². The quantitative estimate of drug-likeness (QED) is 0.800. The molecule has 102 valence electrons. The van der Waals surface area contributed by atoms with Crippen LogP contribution in [0.15, 0.2) is 24.3 Å². The van der Waals surface area contributed by atoms with Crippen LogP contribution >= 0.6 is 11.6 Å². The smallest absolute Gasteiger partial charge is 0.0524 e. The van der Waals surface area contributed by atoms with Gasteiger partial charge in [-0.05, 0) is 51.1 Å². The van der Waals surface area contributed by atoms with Crippen LogP contribution in [-0.4, -0.2) is 36.2 Å². The Kier molecular flexibility index (Phi) is 6.65. The van der Waals surface area contributed by atoms with Gasteiger partial charge in [0.15, 0.2) is 0 Å². The number of hydrogen-bond acceptors (Lipinski definition) is 3. The van der Waals surface area contributed by atoms with Crippen molar-refractivity contribution < 1.29 is 5.11 Å². The molecule has 0 heterocycles. The summed E-state index contributed by atoms with van der Waals surface area (Å²) in [6.07, 6.45) is 1.46. The van der Waals surface area contributed by atoms with Gasteiger partial charge in [-0.15, -0.1) is 0 Å². The molecule has 0 radical (unpaired) electrons. The second kappa shape index (κ2) is 7.74. The number of halogens is 1.